The first-order valence-corrected chi connectivity index (χ1v) is 26.2. The highest BCUT2D eigenvalue weighted by atomic mass is 15.2. The molecule has 2 nitrogen and oxygen atoms in total. The molecule has 70 heavy (non-hydrogen) atoms. The van der Waals surface area contributed by atoms with Gasteiger partial charge in [-0.15, -0.1) is 0 Å². The third-order valence-corrected chi connectivity index (χ3v) is 16.4. The second-order valence-electron chi connectivity index (χ2n) is 20.6. The highest BCUT2D eigenvalue weighted by Gasteiger charge is 2.31. The first-order chi connectivity index (χ1) is 34.4. The maximum Gasteiger partial charge on any atom is 0.0543 e. The lowest BCUT2D eigenvalue weighted by molar-refractivity contribution is 0.445. The minimum Gasteiger partial charge on any atom is -0.309 e. The summed E-state index contributed by atoms with van der Waals surface area (Å²) < 4.78 is 0. The van der Waals surface area contributed by atoms with Gasteiger partial charge in [0.1, 0.15) is 0 Å². The van der Waals surface area contributed by atoms with E-state index >= 15 is 0 Å². The van der Waals surface area contributed by atoms with E-state index in [4.69, 9.17) is 0 Å². The van der Waals surface area contributed by atoms with Crippen LogP contribution in [0.4, 0.5) is 34.1 Å². The summed E-state index contributed by atoms with van der Waals surface area (Å²) in [5.74, 6) is 0.994. The molecule has 2 saturated carbocycles. The van der Waals surface area contributed by atoms with Crippen LogP contribution >= 0.6 is 0 Å². The molecule has 0 radical (unpaired) electrons. The lowest BCUT2D eigenvalue weighted by atomic mass is 9.77. The molecule has 346 valence electrons. The van der Waals surface area contributed by atoms with Crippen molar-refractivity contribution in [2.24, 2.45) is 0 Å². The highest BCUT2D eigenvalue weighted by molar-refractivity contribution is 6.29. The van der Waals surface area contributed by atoms with Crippen LogP contribution in [-0.4, -0.2) is 0 Å². The molecule has 0 N–H and O–H groups in total. The molecule has 10 aromatic rings. The lowest BCUT2D eigenvalue weighted by Gasteiger charge is -2.35. The second kappa shape index (κ2) is 18.6. The van der Waals surface area contributed by atoms with Crippen molar-refractivity contribution in [3.05, 3.63) is 215 Å². The molecule has 0 amide bonds. The number of aryl methyl sites for hydroxylation is 2. The third-order valence-electron chi connectivity index (χ3n) is 16.4. The fourth-order valence-electron chi connectivity index (χ4n) is 13.0. The maximum absolute atomic E-state index is 2.64. The van der Waals surface area contributed by atoms with Crippen molar-refractivity contribution in [1.29, 1.82) is 0 Å². The Kier molecular flexibility index (Phi) is 11.7. The van der Waals surface area contributed by atoms with Gasteiger partial charge in [-0.1, -0.05) is 184 Å². The van der Waals surface area contributed by atoms with Gasteiger partial charge in [0, 0.05) is 22.1 Å². The fraction of sp³-hybridized carbons (Fsp3) is 0.235. The molecule has 2 fully saturated rings. The second-order valence-corrected chi connectivity index (χ2v) is 20.6. The van der Waals surface area contributed by atoms with E-state index in [1.807, 2.05) is 0 Å². The summed E-state index contributed by atoms with van der Waals surface area (Å²) in [5.41, 5.74) is 20.7. The van der Waals surface area contributed by atoms with Crippen LogP contribution in [0.3, 0.4) is 0 Å². The Morgan fingerprint density at radius 3 is 1.06 bits per heavy atom. The molecule has 0 unspecified atom stereocenters. The Morgan fingerprint density at radius 1 is 0.343 bits per heavy atom. The standard InChI is InChI=1S/C68H64N2/c1-45-35-37-55(49-23-11-5-12-24-49)47(3)67(45)69(53-31-19-9-20-32-53)63-43-61(51-27-15-7-16-28-51)57-40-42-60-64(44-62(52-29-17-8-18-30-52)58-39-41-59(63)65(57)66(58)60)70(54-33-21-10-22-34-54)68-46(2)36-38-56(48(68)4)50-25-13-6-14-26-50/h5-6,9-14,19-26,31-44,51-52H,7-8,15-18,27-30H2,1-4H3. The van der Waals surface area contributed by atoms with E-state index in [-0.39, 0.29) is 0 Å². The number of benzene rings is 10. The first-order valence-electron chi connectivity index (χ1n) is 26.2. The van der Waals surface area contributed by atoms with Crippen LogP contribution in [0.25, 0.3) is 54.6 Å². The molecule has 0 aromatic heterocycles. The Hall–Kier alpha value is -7.16. The van der Waals surface area contributed by atoms with Crippen molar-refractivity contribution in [2.75, 3.05) is 9.80 Å². The summed E-state index contributed by atoms with van der Waals surface area (Å²) in [6, 6.07) is 69.1. The molecule has 0 bridgehead atoms. The number of anilines is 6. The van der Waals surface area contributed by atoms with Crippen LogP contribution in [0.15, 0.2) is 182 Å². The van der Waals surface area contributed by atoms with Crippen molar-refractivity contribution in [2.45, 2.75) is 104 Å². The van der Waals surface area contributed by atoms with E-state index in [0.717, 1.165) is 0 Å². The van der Waals surface area contributed by atoms with Crippen molar-refractivity contribution in [1.82, 2.24) is 0 Å². The van der Waals surface area contributed by atoms with Gasteiger partial charge in [0.15, 0.2) is 0 Å². The van der Waals surface area contributed by atoms with E-state index in [0.29, 0.717) is 11.8 Å². The lowest BCUT2D eigenvalue weighted by Crippen LogP contribution is -2.16. The molecule has 0 spiro atoms. The average molecular weight is 909 g/mol. The molecule has 10 aromatic carbocycles. The molecule has 0 atom stereocenters. The summed E-state index contributed by atoms with van der Waals surface area (Å²) in [6.45, 7) is 9.30. The predicted octanol–water partition coefficient (Wildman–Crippen LogP) is 20.2. The zero-order chi connectivity index (χ0) is 47.3. The van der Waals surface area contributed by atoms with E-state index in [2.05, 4.69) is 219 Å². The van der Waals surface area contributed by atoms with Crippen molar-refractivity contribution in [3.8, 4) is 22.3 Å². The van der Waals surface area contributed by atoms with Gasteiger partial charge < -0.3 is 9.80 Å². The van der Waals surface area contributed by atoms with Crippen LogP contribution in [-0.2, 0) is 0 Å². The quantitative estimate of drug-likeness (QED) is 0.126. The van der Waals surface area contributed by atoms with Gasteiger partial charge >= 0.3 is 0 Å². The highest BCUT2D eigenvalue weighted by Crippen LogP contribution is 2.54. The Balaban J connectivity index is 1.21. The zero-order valence-corrected chi connectivity index (χ0v) is 41.4. The SMILES string of the molecule is Cc1ccc(-c2ccccc2)c(C)c1N(c1ccccc1)c1cc(C2CCCCC2)c2ccc3c(N(c4ccccc4)c4c(C)ccc(-c5ccccc5)c4C)cc(C4CCCCC4)c4ccc1c2c43. The van der Waals surface area contributed by atoms with Crippen molar-refractivity contribution < 1.29 is 0 Å². The van der Waals surface area contributed by atoms with Gasteiger partial charge in [-0.05, 0) is 179 Å². The predicted molar refractivity (Wildman–Crippen MR) is 301 cm³/mol. The molecule has 2 heteroatoms. The summed E-state index contributed by atoms with van der Waals surface area (Å²) in [7, 11) is 0. The Labute approximate surface area is 415 Å². The number of hydrogen-bond donors (Lipinski definition) is 0. The minimum absolute atomic E-state index is 0.497. The molecule has 0 aliphatic heterocycles. The third kappa shape index (κ3) is 7.64. The largest absolute Gasteiger partial charge is 0.309 e. The van der Waals surface area contributed by atoms with Gasteiger partial charge in [-0.3, -0.25) is 0 Å². The van der Waals surface area contributed by atoms with E-state index in [1.54, 1.807) is 0 Å². The molecule has 2 aliphatic rings. The van der Waals surface area contributed by atoms with Crippen molar-refractivity contribution >= 4 is 66.4 Å². The Bertz CT molecular complexity index is 3240. The summed E-state index contributed by atoms with van der Waals surface area (Å²) in [6.07, 6.45) is 12.7. The number of rotatable bonds is 10. The van der Waals surface area contributed by atoms with Crippen LogP contribution in [0.1, 0.15) is 109 Å². The molecule has 0 heterocycles. The van der Waals surface area contributed by atoms with Gasteiger partial charge in [-0.2, -0.15) is 0 Å². The zero-order valence-electron chi connectivity index (χ0n) is 41.4. The summed E-state index contributed by atoms with van der Waals surface area (Å²) >= 11 is 0. The van der Waals surface area contributed by atoms with Gasteiger partial charge in [0.05, 0.1) is 22.7 Å². The van der Waals surface area contributed by atoms with Crippen LogP contribution in [0.5, 0.6) is 0 Å². The topological polar surface area (TPSA) is 6.48 Å². The number of nitrogens with zero attached hydrogens (tertiary/aromatic N) is 2. The van der Waals surface area contributed by atoms with E-state index in [1.165, 1.54) is 186 Å². The van der Waals surface area contributed by atoms with Crippen LogP contribution in [0, 0.1) is 27.7 Å². The normalized spacial score (nSPS) is 14.7. The smallest absolute Gasteiger partial charge is 0.0543 e. The fourth-order valence-corrected chi connectivity index (χ4v) is 13.0. The van der Waals surface area contributed by atoms with Gasteiger partial charge in [-0.25, -0.2) is 0 Å². The van der Waals surface area contributed by atoms with Crippen LogP contribution < -0.4 is 9.80 Å². The monoisotopic (exact) mass is 909 g/mol. The Morgan fingerprint density at radius 2 is 0.686 bits per heavy atom. The van der Waals surface area contributed by atoms with E-state index in [9.17, 15) is 0 Å². The van der Waals surface area contributed by atoms with Crippen LogP contribution in [0.2, 0.25) is 0 Å². The minimum atomic E-state index is 0.497. The van der Waals surface area contributed by atoms with E-state index < -0.39 is 0 Å². The van der Waals surface area contributed by atoms with Crippen molar-refractivity contribution in [3.63, 3.8) is 0 Å². The molecule has 0 saturated heterocycles. The van der Waals surface area contributed by atoms with Gasteiger partial charge in [0.25, 0.3) is 0 Å². The summed E-state index contributed by atoms with van der Waals surface area (Å²) in [4.78, 5) is 5.27. The maximum atomic E-state index is 2.64. The first kappa shape index (κ1) is 44.1. The molecular formula is C68H64N2. The summed E-state index contributed by atoms with van der Waals surface area (Å²) in [5, 5.41) is 8.33. The van der Waals surface area contributed by atoms with Gasteiger partial charge in [0.2, 0.25) is 0 Å². The molecule has 12 rings (SSSR count). The number of para-hydroxylation sites is 2. The molecular weight excluding hydrogens is 845 g/mol. The average Bonchev–Trinajstić information content (AvgIpc) is 3.42. The molecule has 2 aliphatic carbocycles. The number of hydrogen-bond acceptors (Lipinski definition) is 2.